The zero-order valence-corrected chi connectivity index (χ0v) is 19.4. The smallest absolute Gasteiger partial charge is 0.266 e. The average Bonchev–Trinajstić information content (AvgIpc) is 3.02. The van der Waals surface area contributed by atoms with Crippen molar-refractivity contribution >= 4 is 40.3 Å². The molecule has 2 aliphatic rings. The van der Waals surface area contributed by atoms with Gasteiger partial charge in [0.2, 0.25) is 0 Å². The highest BCUT2D eigenvalue weighted by Gasteiger charge is 2.30. The number of morpholine rings is 1. The number of carbonyl (C=O) groups excluding carboxylic acids is 1. The molecule has 0 saturated carbocycles. The molecule has 4 rings (SSSR count). The van der Waals surface area contributed by atoms with Gasteiger partial charge in [-0.15, -0.1) is 0 Å². The number of amidine groups is 1. The van der Waals surface area contributed by atoms with Gasteiger partial charge in [0, 0.05) is 25.8 Å². The molecule has 2 aromatic rings. The molecule has 2 fully saturated rings. The lowest BCUT2D eigenvalue weighted by Crippen LogP contribution is -2.36. The quantitative estimate of drug-likeness (QED) is 0.633. The third-order valence-electron chi connectivity index (χ3n) is 5.53. The number of anilines is 1. The highest BCUT2D eigenvalue weighted by atomic mass is 32.2. The highest BCUT2D eigenvalue weighted by molar-refractivity contribution is 8.18. The normalized spacial score (nSPS) is 20.2. The Balaban J connectivity index is 1.49. The third-order valence-corrected chi connectivity index (χ3v) is 6.59. The molecule has 0 aliphatic carbocycles. The maximum Gasteiger partial charge on any atom is 0.266 e. The van der Waals surface area contributed by atoms with Crippen LogP contribution in [-0.4, -0.2) is 49.3 Å². The van der Waals surface area contributed by atoms with Crippen LogP contribution in [0.25, 0.3) is 6.08 Å². The van der Waals surface area contributed by atoms with E-state index in [-0.39, 0.29) is 11.3 Å². The Bertz CT molecular complexity index is 999. The Hall–Kier alpha value is -2.57. The van der Waals surface area contributed by atoms with Crippen LogP contribution < -0.4 is 4.90 Å². The summed E-state index contributed by atoms with van der Waals surface area (Å²) >= 11 is 1.42. The summed E-state index contributed by atoms with van der Waals surface area (Å²) in [5, 5.41) is 0.696. The number of likely N-dealkylation sites (N-methyl/N-ethyl adjacent to an activating group) is 1. The standard InChI is InChI=1S/C25H29N3O2S/c1-25(2,3)19-7-5-18(6-8-19)17-22-23(29)27(4)24(31-22)26-20-9-11-21(12-10-20)28-13-15-30-16-14-28/h5-12,17H,13-16H2,1-4H3/b22-17+,26-24?. The Labute approximate surface area is 188 Å². The zero-order chi connectivity index (χ0) is 22.0. The summed E-state index contributed by atoms with van der Waals surface area (Å²) in [7, 11) is 1.78. The van der Waals surface area contributed by atoms with Gasteiger partial charge in [-0.05, 0) is 58.6 Å². The van der Waals surface area contributed by atoms with Gasteiger partial charge in [0.1, 0.15) is 0 Å². The Morgan fingerprint density at radius 3 is 2.26 bits per heavy atom. The largest absolute Gasteiger partial charge is 0.378 e. The minimum Gasteiger partial charge on any atom is -0.378 e. The second kappa shape index (κ2) is 8.89. The van der Waals surface area contributed by atoms with Crippen LogP contribution in [0.3, 0.4) is 0 Å². The molecular formula is C25H29N3O2S. The molecule has 1 amide bonds. The van der Waals surface area contributed by atoms with Gasteiger partial charge in [0.25, 0.3) is 5.91 Å². The van der Waals surface area contributed by atoms with Gasteiger partial charge in [-0.1, -0.05) is 45.0 Å². The summed E-state index contributed by atoms with van der Waals surface area (Å²) in [6.07, 6.45) is 1.94. The predicted octanol–water partition coefficient (Wildman–Crippen LogP) is 5.05. The van der Waals surface area contributed by atoms with E-state index in [1.54, 1.807) is 11.9 Å². The second-order valence-electron chi connectivity index (χ2n) is 8.86. The van der Waals surface area contributed by atoms with E-state index in [1.165, 1.54) is 23.0 Å². The molecule has 5 nitrogen and oxygen atoms in total. The van der Waals surface area contributed by atoms with Crippen LogP contribution in [0.5, 0.6) is 0 Å². The monoisotopic (exact) mass is 435 g/mol. The number of benzene rings is 2. The predicted molar refractivity (Wildman–Crippen MR) is 130 cm³/mol. The average molecular weight is 436 g/mol. The number of thioether (sulfide) groups is 1. The molecule has 2 saturated heterocycles. The highest BCUT2D eigenvalue weighted by Crippen LogP contribution is 2.34. The van der Waals surface area contributed by atoms with Crippen LogP contribution in [0.1, 0.15) is 31.9 Å². The molecule has 31 heavy (non-hydrogen) atoms. The summed E-state index contributed by atoms with van der Waals surface area (Å²) in [4.78, 5) is 22.1. The molecule has 2 aromatic carbocycles. The summed E-state index contributed by atoms with van der Waals surface area (Å²) in [5.74, 6) is -0.0198. The maximum atomic E-state index is 12.7. The maximum absolute atomic E-state index is 12.7. The lowest BCUT2D eigenvalue weighted by Gasteiger charge is -2.28. The topological polar surface area (TPSA) is 45.1 Å². The van der Waals surface area contributed by atoms with Gasteiger partial charge < -0.3 is 9.64 Å². The van der Waals surface area contributed by atoms with Crippen molar-refractivity contribution in [3.05, 3.63) is 64.6 Å². The lowest BCUT2D eigenvalue weighted by molar-refractivity contribution is -0.121. The van der Waals surface area contributed by atoms with Gasteiger partial charge in [-0.25, -0.2) is 4.99 Å². The fourth-order valence-corrected chi connectivity index (χ4v) is 4.54. The number of ether oxygens (including phenoxy) is 1. The molecule has 0 radical (unpaired) electrons. The van der Waals surface area contributed by atoms with Crippen LogP contribution in [0, 0.1) is 0 Å². The van der Waals surface area contributed by atoms with Gasteiger partial charge in [0.05, 0.1) is 23.8 Å². The Morgan fingerprint density at radius 1 is 1.00 bits per heavy atom. The molecule has 0 bridgehead atoms. The molecular weight excluding hydrogens is 406 g/mol. The number of rotatable bonds is 3. The third kappa shape index (κ3) is 5.02. The first-order valence-electron chi connectivity index (χ1n) is 10.6. The van der Waals surface area contributed by atoms with Crippen molar-refractivity contribution in [1.82, 2.24) is 4.90 Å². The van der Waals surface area contributed by atoms with E-state index in [4.69, 9.17) is 9.73 Å². The van der Waals surface area contributed by atoms with Crippen molar-refractivity contribution in [3.63, 3.8) is 0 Å². The van der Waals surface area contributed by atoms with E-state index >= 15 is 0 Å². The number of hydrogen-bond donors (Lipinski definition) is 0. The second-order valence-corrected chi connectivity index (χ2v) is 9.87. The van der Waals surface area contributed by atoms with Gasteiger partial charge >= 0.3 is 0 Å². The fraction of sp³-hybridized carbons (Fsp3) is 0.360. The number of aliphatic imine (C=N–C) groups is 1. The van der Waals surface area contributed by atoms with Crippen molar-refractivity contribution in [2.45, 2.75) is 26.2 Å². The van der Waals surface area contributed by atoms with Gasteiger partial charge in [-0.2, -0.15) is 0 Å². The summed E-state index contributed by atoms with van der Waals surface area (Å²) in [6, 6.07) is 16.6. The lowest BCUT2D eigenvalue weighted by atomic mass is 9.87. The molecule has 2 aliphatic heterocycles. The molecule has 0 spiro atoms. The molecule has 0 N–H and O–H groups in total. The van der Waals surface area contributed by atoms with E-state index in [1.807, 2.05) is 18.2 Å². The zero-order valence-electron chi connectivity index (χ0n) is 18.6. The molecule has 162 valence electrons. The first kappa shape index (κ1) is 21.7. The van der Waals surface area contributed by atoms with Crippen LogP contribution >= 0.6 is 11.8 Å². The van der Waals surface area contributed by atoms with Crippen LogP contribution in [0.4, 0.5) is 11.4 Å². The Morgan fingerprint density at radius 2 is 1.65 bits per heavy atom. The van der Waals surface area contributed by atoms with Gasteiger partial charge in [-0.3, -0.25) is 9.69 Å². The minimum atomic E-state index is -0.0198. The van der Waals surface area contributed by atoms with Gasteiger partial charge in [0.15, 0.2) is 5.17 Å². The summed E-state index contributed by atoms with van der Waals surface area (Å²) in [6.45, 7) is 9.94. The van der Waals surface area contributed by atoms with E-state index in [2.05, 4.69) is 62.1 Å². The molecule has 2 heterocycles. The summed E-state index contributed by atoms with van der Waals surface area (Å²) in [5.41, 5.74) is 4.43. The van der Waals surface area contributed by atoms with E-state index in [0.717, 1.165) is 37.6 Å². The van der Waals surface area contributed by atoms with Crippen molar-refractivity contribution in [2.75, 3.05) is 38.3 Å². The van der Waals surface area contributed by atoms with E-state index < -0.39 is 0 Å². The van der Waals surface area contributed by atoms with Crippen LogP contribution in [0.2, 0.25) is 0 Å². The van der Waals surface area contributed by atoms with E-state index in [0.29, 0.717) is 10.1 Å². The van der Waals surface area contributed by atoms with Crippen LogP contribution in [0.15, 0.2) is 58.4 Å². The number of carbonyl (C=O) groups is 1. The van der Waals surface area contributed by atoms with Crippen molar-refractivity contribution < 1.29 is 9.53 Å². The van der Waals surface area contributed by atoms with Crippen LogP contribution in [-0.2, 0) is 14.9 Å². The molecule has 0 aromatic heterocycles. The first-order valence-corrected chi connectivity index (χ1v) is 11.4. The number of amides is 1. The number of nitrogens with zero attached hydrogens (tertiary/aromatic N) is 3. The van der Waals surface area contributed by atoms with Crippen molar-refractivity contribution in [2.24, 2.45) is 4.99 Å². The Kier molecular flexibility index (Phi) is 6.21. The first-order chi connectivity index (χ1) is 14.8. The van der Waals surface area contributed by atoms with Crippen molar-refractivity contribution in [3.8, 4) is 0 Å². The fourth-order valence-electron chi connectivity index (χ4n) is 3.55. The number of hydrogen-bond acceptors (Lipinski definition) is 5. The molecule has 6 heteroatoms. The van der Waals surface area contributed by atoms with E-state index in [9.17, 15) is 4.79 Å². The van der Waals surface area contributed by atoms with Crippen molar-refractivity contribution in [1.29, 1.82) is 0 Å². The molecule has 0 unspecified atom stereocenters. The summed E-state index contributed by atoms with van der Waals surface area (Å²) < 4.78 is 5.42. The molecule has 0 atom stereocenters. The SMILES string of the molecule is CN1C(=O)/C(=C\c2ccc(C(C)(C)C)cc2)SC1=Nc1ccc(N2CCOCC2)cc1. The minimum absolute atomic E-state index is 0.0198.